The Hall–Kier alpha value is -1.19. The highest BCUT2D eigenvalue weighted by molar-refractivity contribution is 7.99. The third-order valence-corrected chi connectivity index (χ3v) is 3.39. The lowest BCUT2D eigenvalue weighted by molar-refractivity contribution is 1.14. The van der Waals surface area contributed by atoms with Crippen molar-refractivity contribution in [2.75, 3.05) is 11.9 Å². The number of rotatable bonds is 4. The van der Waals surface area contributed by atoms with Crippen molar-refractivity contribution in [3.8, 4) is 0 Å². The molecule has 1 heterocycles. The van der Waals surface area contributed by atoms with Gasteiger partial charge in [0, 0.05) is 27.6 Å². The molecule has 4 heteroatoms. The molecular formula is C13H13ClN2S. The predicted octanol–water partition coefficient (Wildman–Crippen LogP) is 4.32. The molecule has 0 spiro atoms. The van der Waals surface area contributed by atoms with Gasteiger partial charge in [-0.25, -0.2) is 4.98 Å². The quantitative estimate of drug-likeness (QED) is 0.890. The predicted molar refractivity (Wildman–Crippen MR) is 74.0 cm³/mol. The number of pyridine rings is 1. The molecule has 1 aromatic heterocycles. The molecule has 0 radical (unpaired) electrons. The van der Waals surface area contributed by atoms with Gasteiger partial charge >= 0.3 is 0 Å². The lowest BCUT2D eigenvalue weighted by Crippen LogP contribution is -1.98. The number of benzene rings is 1. The van der Waals surface area contributed by atoms with E-state index in [1.54, 1.807) is 11.8 Å². The Bertz CT molecular complexity index is 485. The van der Waals surface area contributed by atoms with Crippen LogP contribution in [0.1, 0.15) is 6.92 Å². The third kappa shape index (κ3) is 3.65. The van der Waals surface area contributed by atoms with E-state index >= 15 is 0 Å². The summed E-state index contributed by atoms with van der Waals surface area (Å²) in [7, 11) is 0. The minimum atomic E-state index is 0.761. The highest BCUT2D eigenvalue weighted by Gasteiger charge is 1.99. The van der Waals surface area contributed by atoms with E-state index in [9.17, 15) is 0 Å². The Balaban J connectivity index is 2.12. The molecule has 0 fully saturated rings. The van der Waals surface area contributed by atoms with Gasteiger partial charge in [-0.2, -0.15) is 0 Å². The van der Waals surface area contributed by atoms with Crippen molar-refractivity contribution >= 4 is 29.2 Å². The zero-order valence-corrected chi connectivity index (χ0v) is 11.1. The van der Waals surface area contributed by atoms with E-state index in [4.69, 9.17) is 11.6 Å². The maximum Gasteiger partial charge on any atom is 0.126 e. The minimum absolute atomic E-state index is 0.761. The molecule has 0 aliphatic rings. The van der Waals surface area contributed by atoms with Crippen LogP contribution in [0.15, 0.2) is 52.4 Å². The highest BCUT2D eigenvalue weighted by atomic mass is 35.5. The molecule has 0 aliphatic heterocycles. The number of nitrogens with one attached hydrogen (secondary N) is 1. The average Bonchev–Trinajstić information content (AvgIpc) is 2.33. The molecule has 88 valence electrons. The number of aromatic nitrogens is 1. The molecule has 0 unspecified atom stereocenters. The number of anilines is 1. The van der Waals surface area contributed by atoms with Gasteiger partial charge in [0.25, 0.3) is 0 Å². The molecule has 2 aromatic rings. The Kier molecular flexibility index (Phi) is 4.29. The first kappa shape index (κ1) is 12.3. The summed E-state index contributed by atoms with van der Waals surface area (Å²) in [6.45, 7) is 2.93. The number of halogens is 1. The van der Waals surface area contributed by atoms with Crippen molar-refractivity contribution in [1.82, 2.24) is 4.98 Å². The highest BCUT2D eigenvalue weighted by Crippen LogP contribution is 2.29. The maximum absolute atomic E-state index is 5.85. The van der Waals surface area contributed by atoms with Crippen LogP contribution in [0.4, 0.5) is 5.82 Å². The van der Waals surface area contributed by atoms with Crippen molar-refractivity contribution in [3.05, 3.63) is 47.6 Å². The molecule has 1 aromatic carbocycles. The lowest BCUT2D eigenvalue weighted by Gasteiger charge is -2.05. The van der Waals surface area contributed by atoms with E-state index in [2.05, 4.69) is 17.2 Å². The molecule has 0 aliphatic carbocycles. The van der Waals surface area contributed by atoms with E-state index < -0.39 is 0 Å². The minimum Gasteiger partial charge on any atom is -0.370 e. The lowest BCUT2D eigenvalue weighted by atomic mass is 10.4. The Morgan fingerprint density at radius 2 is 1.94 bits per heavy atom. The van der Waals surface area contributed by atoms with Crippen molar-refractivity contribution in [3.63, 3.8) is 0 Å². The summed E-state index contributed by atoms with van der Waals surface area (Å²) >= 11 is 7.55. The second-order valence-electron chi connectivity index (χ2n) is 3.46. The first-order chi connectivity index (χ1) is 8.28. The fourth-order valence-electron chi connectivity index (χ4n) is 1.39. The van der Waals surface area contributed by atoms with Gasteiger partial charge in [-0.05, 0) is 43.3 Å². The maximum atomic E-state index is 5.85. The Morgan fingerprint density at radius 1 is 1.18 bits per heavy atom. The topological polar surface area (TPSA) is 24.9 Å². The summed E-state index contributed by atoms with van der Waals surface area (Å²) in [4.78, 5) is 6.57. The first-order valence-corrected chi connectivity index (χ1v) is 6.60. The number of nitrogens with zero attached hydrogens (tertiary/aromatic N) is 1. The van der Waals surface area contributed by atoms with Gasteiger partial charge in [0.2, 0.25) is 0 Å². The number of hydrogen-bond acceptors (Lipinski definition) is 3. The van der Waals surface area contributed by atoms with Crippen LogP contribution in [0.5, 0.6) is 0 Å². The second-order valence-corrected chi connectivity index (χ2v) is 5.05. The van der Waals surface area contributed by atoms with E-state index in [0.29, 0.717) is 0 Å². The Labute approximate surface area is 110 Å². The summed E-state index contributed by atoms with van der Waals surface area (Å²) in [6.07, 6.45) is 1.82. The molecule has 0 saturated heterocycles. The molecule has 1 N–H and O–H groups in total. The van der Waals surface area contributed by atoms with Crippen LogP contribution in [0.3, 0.4) is 0 Å². The summed E-state index contributed by atoms with van der Waals surface area (Å²) in [5.74, 6) is 0.909. The molecule has 0 saturated carbocycles. The average molecular weight is 265 g/mol. The smallest absolute Gasteiger partial charge is 0.126 e. The van der Waals surface area contributed by atoms with Crippen LogP contribution in [0.2, 0.25) is 5.02 Å². The first-order valence-electron chi connectivity index (χ1n) is 5.41. The van der Waals surface area contributed by atoms with Crippen molar-refractivity contribution in [2.45, 2.75) is 16.7 Å². The molecular weight excluding hydrogens is 252 g/mol. The Morgan fingerprint density at radius 3 is 2.65 bits per heavy atom. The monoisotopic (exact) mass is 264 g/mol. The SMILES string of the molecule is CCNc1cc(Sc2ccc(Cl)cc2)ccn1. The zero-order chi connectivity index (χ0) is 12.1. The van der Waals surface area contributed by atoms with Crippen LogP contribution >= 0.6 is 23.4 Å². The molecule has 0 atom stereocenters. The van der Waals surface area contributed by atoms with Crippen molar-refractivity contribution in [1.29, 1.82) is 0 Å². The fraction of sp³-hybridized carbons (Fsp3) is 0.154. The van der Waals surface area contributed by atoms with Gasteiger partial charge in [0.05, 0.1) is 0 Å². The van der Waals surface area contributed by atoms with Crippen LogP contribution in [-0.4, -0.2) is 11.5 Å². The molecule has 2 nitrogen and oxygen atoms in total. The van der Waals surface area contributed by atoms with Gasteiger partial charge in [0.15, 0.2) is 0 Å². The van der Waals surface area contributed by atoms with Gasteiger partial charge in [0.1, 0.15) is 5.82 Å². The summed E-state index contributed by atoms with van der Waals surface area (Å²) in [5, 5.41) is 3.96. The molecule has 0 bridgehead atoms. The molecule has 2 rings (SSSR count). The van der Waals surface area contributed by atoms with Gasteiger partial charge in [-0.15, -0.1) is 0 Å². The van der Waals surface area contributed by atoms with Crippen molar-refractivity contribution in [2.24, 2.45) is 0 Å². The second kappa shape index (κ2) is 5.94. The van der Waals surface area contributed by atoms with E-state index in [1.807, 2.05) is 42.6 Å². The largest absolute Gasteiger partial charge is 0.370 e. The van der Waals surface area contributed by atoms with Gasteiger partial charge in [-0.1, -0.05) is 23.4 Å². The molecule has 17 heavy (non-hydrogen) atoms. The van der Waals surface area contributed by atoms with E-state index in [0.717, 1.165) is 17.4 Å². The fourth-order valence-corrected chi connectivity index (χ4v) is 2.36. The zero-order valence-electron chi connectivity index (χ0n) is 9.48. The van der Waals surface area contributed by atoms with Crippen LogP contribution in [-0.2, 0) is 0 Å². The van der Waals surface area contributed by atoms with Crippen LogP contribution in [0.25, 0.3) is 0 Å². The van der Waals surface area contributed by atoms with Crippen LogP contribution in [0, 0.1) is 0 Å². The van der Waals surface area contributed by atoms with Crippen molar-refractivity contribution < 1.29 is 0 Å². The number of hydrogen-bond donors (Lipinski definition) is 1. The normalized spacial score (nSPS) is 10.2. The summed E-state index contributed by atoms with van der Waals surface area (Å²) in [5.41, 5.74) is 0. The van der Waals surface area contributed by atoms with Gasteiger partial charge < -0.3 is 5.32 Å². The third-order valence-electron chi connectivity index (χ3n) is 2.14. The van der Waals surface area contributed by atoms with E-state index in [-0.39, 0.29) is 0 Å². The standard InChI is InChI=1S/C13H13ClN2S/c1-2-15-13-9-12(7-8-16-13)17-11-5-3-10(14)4-6-11/h3-9H,2H2,1H3,(H,15,16). The summed E-state index contributed by atoms with van der Waals surface area (Å²) < 4.78 is 0. The molecule has 0 amide bonds. The summed E-state index contributed by atoms with van der Waals surface area (Å²) in [6, 6.07) is 11.9. The van der Waals surface area contributed by atoms with Crippen LogP contribution < -0.4 is 5.32 Å². The van der Waals surface area contributed by atoms with E-state index in [1.165, 1.54) is 9.79 Å². The van der Waals surface area contributed by atoms with Gasteiger partial charge in [-0.3, -0.25) is 0 Å².